The summed E-state index contributed by atoms with van der Waals surface area (Å²) in [6.07, 6.45) is 0.872. The molecule has 0 aromatic heterocycles. The summed E-state index contributed by atoms with van der Waals surface area (Å²) in [7, 11) is 0. The van der Waals surface area contributed by atoms with E-state index < -0.39 is 0 Å². The Morgan fingerprint density at radius 1 is 1.42 bits per heavy atom. The first-order valence-electron chi connectivity index (χ1n) is 6.71. The summed E-state index contributed by atoms with van der Waals surface area (Å²) in [6, 6.07) is 6.48. The van der Waals surface area contributed by atoms with Crippen LogP contribution in [0.1, 0.15) is 31.7 Å². The lowest BCUT2D eigenvalue weighted by atomic mass is 10.1. The maximum Gasteiger partial charge on any atom is 0.226 e. The van der Waals surface area contributed by atoms with Crippen molar-refractivity contribution in [1.82, 2.24) is 4.90 Å². The van der Waals surface area contributed by atoms with E-state index in [1.165, 1.54) is 12.1 Å². The molecule has 2 atom stereocenters. The average Bonchev–Trinajstić information content (AvgIpc) is 3.16. The monoisotopic (exact) mass is 261 g/mol. The van der Waals surface area contributed by atoms with E-state index in [1.54, 1.807) is 12.1 Å². The van der Waals surface area contributed by atoms with E-state index in [2.05, 4.69) is 6.58 Å². The molecule has 3 heteroatoms. The number of benzene rings is 1. The van der Waals surface area contributed by atoms with Crippen molar-refractivity contribution in [3.8, 4) is 0 Å². The second kappa shape index (κ2) is 5.55. The van der Waals surface area contributed by atoms with Gasteiger partial charge in [0.1, 0.15) is 5.82 Å². The molecule has 1 aliphatic carbocycles. The van der Waals surface area contributed by atoms with Gasteiger partial charge in [0.15, 0.2) is 0 Å². The Hall–Kier alpha value is -1.64. The fourth-order valence-corrected chi connectivity index (χ4v) is 2.45. The van der Waals surface area contributed by atoms with E-state index in [0.717, 1.165) is 17.6 Å². The Labute approximate surface area is 113 Å². The number of amides is 1. The van der Waals surface area contributed by atoms with Crippen LogP contribution in [0, 0.1) is 11.7 Å². The van der Waals surface area contributed by atoms with Gasteiger partial charge in [-0.3, -0.25) is 4.79 Å². The molecule has 1 aliphatic rings. The van der Waals surface area contributed by atoms with Crippen molar-refractivity contribution in [3.05, 3.63) is 47.8 Å². The van der Waals surface area contributed by atoms with Gasteiger partial charge in [-0.1, -0.05) is 24.3 Å². The number of nitrogens with zero attached hydrogens (tertiary/aromatic N) is 1. The van der Waals surface area contributed by atoms with Crippen molar-refractivity contribution < 1.29 is 9.18 Å². The van der Waals surface area contributed by atoms with E-state index >= 15 is 0 Å². The number of rotatable bonds is 5. The number of carbonyl (C=O) groups is 1. The molecule has 0 heterocycles. The molecule has 2 unspecified atom stereocenters. The summed E-state index contributed by atoms with van der Waals surface area (Å²) in [4.78, 5) is 14.2. The summed E-state index contributed by atoms with van der Waals surface area (Å²) in [5, 5.41) is 0. The number of likely N-dealkylation sites (N-methyl/N-ethyl adjacent to an activating group) is 1. The largest absolute Gasteiger partial charge is 0.339 e. The van der Waals surface area contributed by atoms with Crippen LogP contribution >= 0.6 is 0 Å². The Kier molecular flexibility index (Phi) is 4.03. The van der Waals surface area contributed by atoms with Crippen LogP contribution < -0.4 is 0 Å². The quantitative estimate of drug-likeness (QED) is 0.744. The zero-order valence-electron chi connectivity index (χ0n) is 11.5. The highest BCUT2D eigenvalue weighted by Crippen LogP contribution is 2.48. The summed E-state index contributed by atoms with van der Waals surface area (Å²) >= 11 is 0. The number of hydrogen-bond donors (Lipinski definition) is 0. The molecule has 0 spiro atoms. The fraction of sp³-hybridized carbons (Fsp3) is 0.438. The molecule has 19 heavy (non-hydrogen) atoms. The normalized spacial score (nSPS) is 21.0. The van der Waals surface area contributed by atoms with Crippen LogP contribution in [-0.2, 0) is 4.79 Å². The van der Waals surface area contributed by atoms with Crippen LogP contribution in [-0.4, -0.2) is 23.9 Å². The first-order chi connectivity index (χ1) is 9.02. The molecule has 0 N–H and O–H groups in total. The van der Waals surface area contributed by atoms with Gasteiger partial charge >= 0.3 is 0 Å². The van der Waals surface area contributed by atoms with Crippen molar-refractivity contribution >= 4 is 5.91 Å². The highest BCUT2D eigenvalue weighted by atomic mass is 19.1. The number of carbonyl (C=O) groups excluding carboxylic acids is 1. The van der Waals surface area contributed by atoms with Crippen LogP contribution in [0.5, 0.6) is 0 Å². The number of hydrogen-bond acceptors (Lipinski definition) is 1. The Morgan fingerprint density at radius 3 is 2.58 bits per heavy atom. The summed E-state index contributed by atoms with van der Waals surface area (Å²) in [5.74, 6) is 0.279. The maximum atomic E-state index is 12.9. The maximum absolute atomic E-state index is 12.9. The van der Waals surface area contributed by atoms with E-state index in [1.807, 2.05) is 18.7 Å². The average molecular weight is 261 g/mol. The van der Waals surface area contributed by atoms with Gasteiger partial charge in [-0.15, -0.1) is 0 Å². The molecule has 0 radical (unpaired) electrons. The second-order valence-corrected chi connectivity index (χ2v) is 5.31. The minimum absolute atomic E-state index is 0.0600. The predicted molar refractivity (Wildman–Crippen MR) is 74.3 cm³/mol. The third kappa shape index (κ3) is 3.22. The van der Waals surface area contributed by atoms with Crippen LogP contribution in [0.4, 0.5) is 4.39 Å². The molecule has 1 saturated carbocycles. The van der Waals surface area contributed by atoms with Crippen LogP contribution in [0.2, 0.25) is 0 Å². The van der Waals surface area contributed by atoms with Crippen LogP contribution in [0.3, 0.4) is 0 Å². The SMILES string of the molecule is C=C(C)CN(CC)C(=O)C1CC1c1ccc(F)cc1. The smallest absolute Gasteiger partial charge is 0.226 e. The van der Waals surface area contributed by atoms with Crippen molar-refractivity contribution in [3.63, 3.8) is 0 Å². The molecule has 2 rings (SSSR count). The standard InChI is InChI=1S/C16H20FNO/c1-4-18(10-11(2)3)16(19)15-9-14(15)12-5-7-13(17)8-6-12/h5-8,14-15H,2,4,9-10H2,1,3H3. The zero-order chi connectivity index (χ0) is 14.0. The molecule has 0 bridgehead atoms. The second-order valence-electron chi connectivity index (χ2n) is 5.31. The van der Waals surface area contributed by atoms with Gasteiger partial charge in [-0.05, 0) is 43.9 Å². The molecule has 1 fully saturated rings. The molecule has 1 amide bonds. The summed E-state index contributed by atoms with van der Waals surface area (Å²) in [5.41, 5.74) is 2.06. The van der Waals surface area contributed by atoms with Crippen molar-refractivity contribution in [2.75, 3.05) is 13.1 Å². The lowest BCUT2D eigenvalue weighted by Crippen LogP contribution is -2.33. The van der Waals surface area contributed by atoms with E-state index in [4.69, 9.17) is 0 Å². The highest BCUT2D eigenvalue weighted by molar-refractivity contribution is 5.83. The van der Waals surface area contributed by atoms with Crippen molar-refractivity contribution in [2.45, 2.75) is 26.2 Å². The molecule has 1 aromatic rings. The molecule has 102 valence electrons. The van der Waals surface area contributed by atoms with E-state index in [9.17, 15) is 9.18 Å². The Bertz CT molecular complexity index is 480. The fourth-order valence-electron chi connectivity index (χ4n) is 2.45. The van der Waals surface area contributed by atoms with Gasteiger partial charge in [-0.2, -0.15) is 0 Å². The van der Waals surface area contributed by atoms with Crippen LogP contribution in [0.25, 0.3) is 0 Å². The molecule has 0 aliphatic heterocycles. The zero-order valence-corrected chi connectivity index (χ0v) is 11.5. The molecule has 1 aromatic carbocycles. The van der Waals surface area contributed by atoms with Gasteiger partial charge in [0.2, 0.25) is 5.91 Å². The topological polar surface area (TPSA) is 20.3 Å². The Balaban J connectivity index is 1.99. The first-order valence-corrected chi connectivity index (χ1v) is 6.71. The molecule has 2 nitrogen and oxygen atoms in total. The third-order valence-corrected chi connectivity index (χ3v) is 3.56. The molecular formula is C16H20FNO. The van der Waals surface area contributed by atoms with Gasteiger partial charge < -0.3 is 4.90 Å². The number of halogens is 1. The minimum atomic E-state index is -0.232. The first kappa shape index (κ1) is 13.8. The lowest BCUT2D eigenvalue weighted by Gasteiger charge is -2.21. The highest BCUT2D eigenvalue weighted by Gasteiger charge is 2.45. The minimum Gasteiger partial charge on any atom is -0.339 e. The molecule has 0 saturated heterocycles. The predicted octanol–water partition coefficient (Wildman–Crippen LogP) is 3.35. The summed E-state index contributed by atoms with van der Waals surface area (Å²) in [6.45, 7) is 9.10. The van der Waals surface area contributed by atoms with Crippen molar-refractivity contribution in [2.24, 2.45) is 5.92 Å². The molecular weight excluding hydrogens is 241 g/mol. The third-order valence-electron chi connectivity index (χ3n) is 3.56. The van der Waals surface area contributed by atoms with Crippen molar-refractivity contribution in [1.29, 1.82) is 0 Å². The van der Waals surface area contributed by atoms with Gasteiger partial charge in [0.05, 0.1) is 0 Å². The van der Waals surface area contributed by atoms with Gasteiger partial charge in [0, 0.05) is 19.0 Å². The van der Waals surface area contributed by atoms with Gasteiger partial charge in [-0.25, -0.2) is 4.39 Å². The van der Waals surface area contributed by atoms with E-state index in [-0.39, 0.29) is 23.6 Å². The Morgan fingerprint density at radius 2 is 2.05 bits per heavy atom. The summed E-state index contributed by atoms with van der Waals surface area (Å²) < 4.78 is 12.9. The van der Waals surface area contributed by atoms with Gasteiger partial charge in [0.25, 0.3) is 0 Å². The van der Waals surface area contributed by atoms with E-state index in [0.29, 0.717) is 13.1 Å². The van der Waals surface area contributed by atoms with Crippen LogP contribution in [0.15, 0.2) is 36.4 Å². The lowest BCUT2D eigenvalue weighted by molar-refractivity contribution is -0.132.